The van der Waals surface area contributed by atoms with Crippen LogP contribution in [-0.2, 0) is 25.6 Å². The lowest BCUT2D eigenvalue weighted by Crippen LogP contribution is -2.23. The Morgan fingerprint density at radius 3 is 2.36 bits per heavy atom. The average molecular weight is 492 g/mol. The van der Waals surface area contributed by atoms with E-state index in [2.05, 4.69) is 41.2 Å². The number of unbranched alkanes of at least 4 members (excludes halogenated alkanes) is 1. The number of hydrogen-bond acceptors (Lipinski definition) is 3. The maximum atomic E-state index is 12.8. The quantitative estimate of drug-likeness (QED) is 0.294. The summed E-state index contributed by atoms with van der Waals surface area (Å²) in [5, 5.41) is 3.44. The summed E-state index contributed by atoms with van der Waals surface area (Å²) in [6.07, 6.45) is 1.80. The van der Waals surface area contributed by atoms with Gasteiger partial charge in [-0.1, -0.05) is 19.4 Å². The Morgan fingerprint density at radius 2 is 1.67 bits per heavy atom. The number of fused-ring (bicyclic) bond motifs is 1. The van der Waals surface area contributed by atoms with Crippen LogP contribution < -0.4 is 10.1 Å². The molecule has 186 valence electrons. The first kappa shape index (κ1) is 24.1. The molecule has 3 aromatic carbocycles. The summed E-state index contributed by atoms with van der Waals surface area (Å²) < 4.78 is 46.3. The number of halogens is 3. The molecule has 0 amide bonds. The maximum absolute atomic E-state index is 12.8. The molecule has 0 spiro atoms. The number of nitrogens with zero attached hydrogens (tertiary/aromatic N) is 2. The number of alkyl halides is 3. The molecule has 0 saturated carbocycles. The number of ether oxygens (including phenoxy) is 1. The molecule has 0 atom stereocenters. The molecule has 7 heteroatoms. The van der Waals surface area contributed by atoms with Crippen molar-refractivity contribution in [3.8, 4) is 28.4 Å². The van der Waals surface area contributed by atoms with Gasteiger partial charge in [-0.05, 0) is 91.2 Å². The van der Waals surface area contributed by atoms with Crippen molar-refractivity contribution in [3.63, 3.8) is 0 Å². The van der Waals surface area contributed by atoms with Crippen LogP contribution in [0.15, 0.2) is 72.9 Å². The molecule has 1 N–H and O–H groups in total. The lowest BCUT2D eigenvalue weighted by Gasteiger charge is -2.18. The normalized spacial score (nSPS) is 13.4. The smallest absolute Gasteiger partial charge is 0.416 e. The fourth-order valence-electron chi connectivity index (χ4n) is 4.45. The van der Waals surface area contributed by atoms with Crippen molar-refractivity contribution in [2.24, 2.45) is 0 Å². The molecule has 0 saturated heterocycles. The molecule has 0 radical (unpaired) electrons. The third kappa shape index (κ3) is 5.31. The minimum atomic E-state index is -4.37. The van der Waals surface area contributed by atoms with Crippen molar-refractivity contribution in [2.45, 2.75) is 45.3 Å². The minimum Gasteiger partial charge on any atom is -0.457 e. The van der Waals surface area contributed by atoms with Gasteiger partial charge in [0.1, 0.15) is 17.3 Å². The topological polar surface area (TPSA) is 39.1 Å². The third-order valence-corrected chi connectivity index (χ3v) is 6.45. The van der Waals surface area contributed by atoms with Crippen LogP contribution in [0.1, 0.15) is 42.3 Å². The van der Waals surface area contributed by atoms with Gasteiger partial charge in [0, 0.05) is 30.4 Å². The van der Waals surface area contributed by atoms with Gasteiger partial charge in [-0.25, -0.2) is 4.98 Å². The molecule has 0 aliphatic carbocycles. The number of imidazole rings is 1. The summed E-state index contributed by atoms with van der Waals surface area (Å²) in [5.41, 5.74) is 4.97. The van der Waals surface area contributed by atoms with Gasteiger partial charge in [-0.3, -0.25) is 0 Å². The molecule has 4 aromatic rings. The van der Waals surface area contributed by atoms with E-state index in [1.54, 1.807) is 0 Å². The number of rotatable bonds is 7. The first-order valence-electron chi connectivity index (χ1n) is 12.3. The molecule has 5 rings (SSSR count). The van der Waals surface area contributed by atoms with E-state index in [0.29, 0.717) is 11.5 Å². The summed E-state index contributed by atoms with van der Waals surface area (Å²) in [6.45, 7) is 4.07. The van der Waals surface area contributed by atoms with Crippen LogP contribution in [0.5, 0.6) is 11.5 Å². The molecule has 2 heterocycles. The molecule has 0 fully saturated rings. The Kier molecular flexibility index (Phi) is 6.83. The van der Waals surface area contributed by atoms with Gasteiger partial charge >= 0.3 is 6.18 Å². The van der Waals surface area contributed by atoms with Gasteiger partial charge in [-0.2, -0.15) is 13.2 Å². The van der Waals surface area contributed by atoms with E-state index in [1.165, 1.54) is 23.3 Å². The fraction of sp³-hybridized carbons (Fsp3) is 0.276. The summed E-state index contributed by atoms with van der Waals surface area (Å²) in [7, 11) is 0. The third-order valence-electron chi connectivity index (χ3n) is 6.45. The second-order valence-electron chi connectivity index (χ2n) is 9.04. The highest BCUT2D eigenvalue weighted by Crippen LogP contribution is 2.32. The van der Waals surface area contributed by atoms with Crippen LogP contribution >= 0.6 is 0 Å². The van der Waals surface area contributed by atoms with Crippen LogP contribution in [0.25, 0.3) is 16.9 Å². The van der Waals surface area contributed by atoms with Gasteiger partial charge in [0.05, 0.1) is 11.3 Å². The number of benzene rings is 3. The molecular formula is C29H28F3N3O. The number of hydrogen-bond donors (Lipinski definition) is 1. The Bertz CT molecular complexity index is 1330. The zero-order valence-electron chi connectivity index (χ0n) is 20.1. The van der Waals surface area contributed by atoms with E-state index < -0.39 is 11.7 Å². The zero-order chi connectivity index (χ0) is 25.1. The van der Waals surface area contributed by atoms with Gasteiger partial charge < -0.3 is 14.6 Å². The Balaban J connectivity index is 1.38. The summed E-state index contributed by atoms with van der Waals surface area (Å²) >= 11 is 0. The van der Waals surface area contributed by atoms with Crippen molar-refractivity contribution in [3.05, 3.63) is 95.4 Å². The molecule has 0 unspecified atom stereocenters. The van der Waals surface area contributed by atoms with Crippen molar-refractivity contribution < 1.29 is 17.9 Å². The number of nitrogens with one attached hydrogen (secondary N) is 1. The van der Waals surface area contributed by atoms with Gasteiger partial charge in [0.2, 0.25) is 0 Å². The lowest BCUT2D eigenvalue weighted by molar-refractivity contribution is -0.137. The van der Waals surface area contributed by atoms with Crippen LogP contribution in [0.2, 0.25) is 0 Å². The minimum absolute atomic E-state index is 0.351. The first-order valence-corrected chi connectivity index (χ1v) is 12.3. The van der Waals surface area contributed by atoms with Gasteiger partial charge in [0.25, 0.3) is 0 Å². The molecule has 1 aliphatic heterocycles. The van der Waals surface area contributed by atoms with E-state index in [-0.39, 0.29) is 0 Å². The number of aryl methyl sites for hydroxylation is 1. The predicted molar refractivity (Wildman–Crippen MR) is 135 cm³/mol. The van der Waals surface area contributed by atoms with Crippen LogP contribution in [0, 0.1) is 0 Å². The largest absolute Gasteiger partial charge is 0.457 e. The molecule has 1 aliphatic rings. The molecule has 36 heavy (non-hydrogen) atoms. The van der Waals surface area contributed by atoms with Gasteiger partial charge in [0.15, 0.2) is 0 Å². The fourth-order valence-corrected chi connectivity index (χ4v) is 4.45. The van der Waals surface area contributed by atoms with Gasteiger partial charge in [-0.15, -0.1) is 0 Å². The lowest BCUT2D eigenvalue weighted by atomic mass is 10.0. The molecule has 1 aromatic heterocycles. The summed E-state index contributed by atoms with van der Waals surface area (Å²) in [4.78, 5) is 4.95. The highest BCUT2D eigenvalue weighted by atomic mass is 19.4. The Hall–Kier alpha value is -3.58. The van der Waals surface area contributed by atoms with Crippen molar-refractivity contribution in [1.82, 2.24) is 14.9 Å². The van der Waals surface area contributed by atoms with Crippen LogP contribution in [0.4, 0.5) is 13.2 Å². The van der Waals surface area contributed by atoms with Crippen molar-refractivity contribution >= 4 is 0 Å². The van der Waals surface area contributed by atoms with E-state index >= 15 is 0 Å². The van der Waals surface area contributed by atoms with E-state index in [4.69, 9.17) is 9.72 Å². The maximum Gasteiger partial charge on any atom is 0.416 e. The average Bonchev–Trinajstić information content (AvgIpc) is 3.31. The highest BCUT2D eigenvalue weighted by molar-refractivity contribution is 5.61. The Labute approximate surface area is 208 Å². The standard InChI is InChI=1S/C29H28F3N3O/c1-2-3-4-28-34-27(19-35(28)24-10-5-20-15-16-33-18-22(20)17-24)21-6-11-25(12-7-21)36-26-13-8-23(9-14-26)29(30,31)32/h5-14,17,19,33H,2-4,15-16,18H2,1H3. The van der Waals surface area contributed by atoms with Crippen molar-refractivity contribution in [2.75, 3.05) is 6.54 Å². The first-order chi connectivity index (χ1) is 17.4. The van der Waals surface area contributed by atoms with E-state index in [0.717, 1.165) is 73.7 Å². The Morgan fingerprint density at radius 1 is 0.944 bits per heavy atom. The van der Waals surface area contributed by atoms with Crippen LogP contribution in [0.3, 0.4) is 0 Å². The second-order valence-corrected chi connectivity index (χ2v) is 9.04. The highest BCUT2D eigenvalue weighted by Gasteiger charge is 2.30. The van der Waals surface area contributed by atoms with E-state index in [1.807, 2.05) is 24.3 Å². The van der Waals surface area contributed by atoms with Crippen molar-refractivity contribution in [1.29, 1.82) is 0 Å². The molecule has 4 nitrogen and oxygen atoms in total. The summed E-state index contributed by atoms with van der Waals surface area (Å²) in [6, 6.07) is 18.8. The predicted octanol–water partition coefficient (Wildman–Crippen LogP) is 7.34. The molecular weight excluding hydrogens is 463 g/mol. The SMILES string of the molecule is CCCCc1nc(-c2ccc(Oc3ccc(C(F)(F)F)cc3)cc2)cn1-c1ccc2c(c1)CNCC2. The van der Waals surface area contributed by atoms with Crippen LogP contribution in [-0.4, -0.2) is 16.1 Å². The monoisotopic (exact) mass is 491 g/mol. The molecule has 0 bridgehead atoms. The second kappa shape index (κ2) is 10.2. The zero-order valence-corrected chi connectivity index (χ0v) is 20.1. The van der Waals surface area contributed by atoms with E-state index in [9.17, 15) is 13.2 Å². The summed E-state index contributed by atoms with van der Waals surface area (Å²) in [5.74, 6) is 1.93. The number of aromatic nitrogens is 2.